The summed E-state index contributed by atoms with van der Waals surface area (Å²) in [4.78, 5) is 14.4. The summed E-state index contributed by atoms with van der Waals surface area (Å²) < 4.78 is 0. The Morgan fingerprint density at radius 2 is 2.00 bits per heavy atom. The number of nitrogens with zero attached hydrogens (tertiary/aromatic N) is 1. The zero-order chi connectivity index (χ0) is 15.0. The number of rotatable bonds is 8. The predicted molar refractivity (Wildman–Crippen MR) is 89.3 cm³/mol. The number of nitrogens with one attached hydrogen (secondary N) is 1. The smallest absolute Gasteiger partial charge is 0.224 e. The number of hydrogen-bond donors (Lipinski definition) is 1. The van der Waals surface area contributed by atoms with Gasteiger partial charge in [0.25, 0.3) is 0 Å². The molecule has 1 N–H and O–H groups in total. The number of piperidine rings is 1. The van der Waals surface area contributed by atoms with E-state index >= 15 is 0 Å². The lowest BCUT2D eigenvalue weighted by Gasteiger charge is -2.40. The third kappa shape index (κ3) is 5.03. The average molecular weight is 347 g/mol. The van der Waals surface area contributed by atoms with Crippen molar-refractivity contribution in [2.45, 2.75) is 52.4 Å². The first kappa shape index (κ1) is 18.0. The number of hydrogen-bond acceptors (Lipinski definition) is 2. The van der Waals surface area contributed by atoms with Crippen molar-refractivity contribution in [3.05, 3.63) is 0 Å². The molecule has 1 atom stereocenters. The topological polar surface area (TPSA) is 32.3 Å². The molecule has 0 aromatic heterocycles. The lowest BCUT2D eigenvalue weighted by atomic mass is 9.80. The Hall–Kier alpha value is -0.0900. The van der Waals surface area contributed by atoms with Crippen molar-refractivity contribution in [1.82, 2.24) is 10.2 Å². The standard InChI is InChI=1S/C16H31BrN2O/c1-4-8-16(12-17,9-5-2)13-19-10-6-7-14(11-19)15(20)18-3/h14H,4-13H2,1-3H3,(H,18,20). The molecule has 1 heterocycles. The number of amides is 1. The molecule has 3 nitrogen and oxygen atoms in total. The van der Waals surface area contributed by atoms with E-state index in [-0.39, 0.29) is 11.8 Å². The molecule has 1 aliphatic rings. The van der Waals surface area contributed by atoms with Gasteiger partial charge in [-0.3, -0.25) is 4.79 Å². The fourth-order valence-corrected chi connectivity index (χ4v) is 4.35. The molecular weight excluding hydrogens is 316 g/mol. The van der Waals surface area contributed by atoms with Gasteiger partial charge in [-0.15, -0.1) is 0 Å². The van der Waals surface area contributed by atoms with E-state index in [9.17, 15) is 4.79 Å². The Morgan fingerprint density at radius 3 is 2.50 bits per heavy atom. The monoisotopic (exact) mass is 346 g/mol. The van der Waals surface area contributed by atoms with E-state index in [0.717, 1.165) is 37.8 Å². The van der Waals surface area contributed by atoms with Crippen LogP contribution in [0.15, 0.2) is 0 Å². The molecule has 0 radical (unpaired) electrons. The number of carbonyl (C=O) groups excluding carboxylic acids is 1. The van der Waals surface area contributed by atoms with Crippen LogP contribution >= 0.6 is 15.9 Å². The largest absolute Gasteiger partial charge is 0.359 e. The number of carbonyl (C=O) groups is 1. The third-order valence-electron chi connectivity index (χ3n) is 4.53. The molecule has 0 bridgehead atoms. The van der Waals surface area contributed by atoms with E-state index in [1.165, 1.54) is 25.7 Å². The maximum absolute atomic E-state index is 11.9. The zero-order valence-corrected chi connectivity index (χ0v) is 15.0. The number of halogens is 1. The molecule has 1 fully saturated rings. The summed E-state index contributed by atoms with van der Waals surface area (Å²) in [6.45, 7) is 7.76. The first-order chi connectivity index (χ1) is 9.60. The molecule has 1 amide bonds. The lowest BCUT2D eigenvalue weighted by Crippen LogP contribution is -2.47. The molecule has 0 aromatic carbocycles. The fraction of sp³-hybridized carbons (Fsp3) is 0.938. The highest BCUT2D eigenvalue weighted by atomic mass is 79.9. The van der Waals surface area contributed by atoms with E-state index < -0.39 is 0 Å². The highest BCUT2D eigenvalue weighted by Crippen LogP contribution is 2.34. The molecule has 1 aliphatic heterocycles. The molecule has 1 saturated heterocycles. The Kier molecular flexibility index (Phi) is 8.11. The van der Waals surface area contributed by atoms with Gasteiger partial charge in [0.05, 0.1) is 5.92 Å². The van der Waals surface area contributed by atoms with Crippen molar-refractivity contribution >= 4 is 21.8 Å². The predicted octanol–water partition coefficient (Wildman–Crippen LogP) is 3.43. The van der Waals surface area contributed by atoms with Crippen molar-refractivity contribution in [2.75, 3.05) is 32.0 Å². The minimum Gasteiger partial charge on any atom is -0.359 e. The maximum atomic E-state index is 11.9. The van der Waals surface area contributed by atoms with Crippen LogP contribution in [0.1, 0.15) is 52.4 Å². The minimum atomic E-state index is 0.185. The zero-order valence-electron chi connectivity index (χ0n) is 13.4. The molecule has 0 spiro atoms. The van der Waals surface area contributed by atoms with E-state index in [0.29, 0.717) is 5.41 Å². The van der Waals surface area contributed by atoms with Crippen molar-refractivity contribution in [3.8, 4) is 0 Å². The second kappa shape index (κ2) is 9.04. The second-order valence-electron chi connectivity index (χ2n) is 6.32. The summed E-state index contributed by atoms with van der Waals surface area (Å²) >= 11 is 3.75. The van der Waals surface area contributed by atoms with Gasteiger partial charge in [0.2, 0.25) is 5.91 Å². The first-order valence-corrected chi connectivity index (χ1v) is 9.23. The highest BCUT2D eigenvalue weighted by Gasteiger charge is 2.33. The van der Waals surface area contributed by atoms with E-state index in [4.69, 9.17) is 0 Å². The van der Waals surface area contributed by atoms with Gasteiger partial charge in [-0.05, 0) is 37.6 Å². The highest BCUT2D eigenvalue weighted by molar-refractivity contribution is 9.09. The summed E-state index contributed by atoms with van der Waals surface area (Å²) in [7, 11) is 1.75. The lowest BCUT2D eigenvalue weighted by molar-refractivity contribution is -0.126. The molecule has 0 aliphatic carbocycles. The van der Waals surface area contributed by atoms with Gasteiger partial charge in [0, 0.05) is 25.5 Å². The minimum absolute atomic E-state index is 0.185. The van der Waals surface area contributed by atoms with Crippen LogP contribution in [0, 0.1) is 11.3 Å². The van der Waals surface area contributed by atoms with Crippen molar-refractivity contribution in [3.63, 3.8) is 0 Å². The van der Waals surface area contributed by atoms with Gasteiger partial charge in [-0.1, -0.05) is 42.6 Å². The molecule has 0 aromatic rings. The van der Waals surface area contributed by atoms with Crippen LogP contribution in [0.3, 0.4) is 0 Å². The van der Waals surface area contributed by atoms with Crippen LogP contribution in [0.5, 0.6) is 0 Å². The average Bonchev–Trinajstić information content (AvgIpc) is 2.47. The SMILES string of the molecule is CCCC(CBr)(CCC)CN1CCCC(C(=O)NC)C1. The summed E-state index contributed by atoms with van der Waals surface area (Å²) in [5.41, 5.74) is 0.383. The van der Waals surface area contributed by atoms with Gasteiger partial charge >= 0.3 is 0 Å². The van der Waals surface area contributed by atoms with Crippen molar-refractivity contribution in [1.29, 1.82) is 0 Å². The first-order valence-electron chi connectivity index (χ1n) is 8.10. The number of alkyl halides is 1. The summed E-state index contributed by atoms with van der Waals surface area (Å²) in [6, 6.07) is 0. The summed E-state index contributed by atoms with van der Waals surface area (Å²) in [5, 5.41) is 3.88. The maximum Gasteiger partial charge on any atom is 0.224 e. The van der Waals surface area contributed by atoms with Crippen molar-refractivity contribution < 1.29 is 4.79 Å². The summed E-state index contributed by atoms with van der Waals surface area (Å²) in [6.07, 6.45) is 7.20. The molecule has 4 heteroatoms. The van der Waals surface area contributed by atoms with E-state index in [1.807, 2.05) is 0 Å². The molecule has 20 heavy (non-hydrogen) atoms. The molecule has 1 unspecified atom stereocenters. The van der Waals surface area contributed by atoms with Crippen LogP contribution in [0.4, 0.5) is 0 Å². The number of likely N-dealkylation sites (tertiary alicyclic amines) is 1. The van der Waals surface area contributed by atoms with Gasteiger partial charge in [-0.25, -0.2) is 0 Å². The van der Waals surface area contributed by atoms with Gasteiger partial charge in [0.1, 0.15) is 0 Å². The Morgan fingerprint density at radius 1 is 1.35 bits per heavy atom. The summed E-state index contributed by atoms with van der Waals surface area (Å²) in [5.74, 6) is 0.398. The van der Waals surface area contributed by atoms with E-state index in [1.54, 1.807) is 7.05 Å². The van der Waals surface area contributed by atoms with E-state index in [2.05, 4.69) is 40.0 Å². The Labute approximate surface area is 133 Å². The second-order valence-corrected chi connectivity index (χ2v) is 6.88. The van der Waals surface area contributed by atoms with Crippen LogP contribution in [0.25, 0.3) is 0 Å². The Bertz CT molecular complexity index is 290. The van der Waals surface area contributed by atoms with Gasteiger partial charge in [-0.2, -0.15) is 0 Å². The fourth-order valence-electron chi connectivity index (χ4n) is 3.61. The third-order valence-corrected chi connectivity index (χ3v) is 5.72. The molecular formula is C16H31BrN2O. The van der Waals surface area contributed by atoms with Gasteiger partial charge < -0.3 is 10.2 Å². The Balaban J connectivity index is 2.65. The molecule has 0 saturated carbocycles. The quantitative estimate of drug-likeness (QED) is 0.683. The van der Waals surface area contributed by atoms with Crippen molar-refractivity contribution in [2.24, 2.45) is 11.3 Å². The van der Waals surface area contributed by atoms with Crippen LogP contribution in [-0.4, -0.2) is 42.8 Å². The molecule has 1 rings (SSSR count). The van der Waals surface area contributed by atoms with Crippen LogP contribution in [-0.2, 0) is 4.79 Å². The van der Waals surface area contributed by atoms with Crippen LogP contribution < -0.4 is 5.32 Å². The molecule has 118 valence electrons. The normalized spacial score (nSPS) is 20.9. The van der Waals surface area contributed by atoms with Crippen LogP contribution in [0.2, 0.25) is 0 Å². The van der Waals surface area contributed by atoms with Gasteiger partial charge in [0.15, 0.2) is 0 Å².